The summed E-state index contributed by atoms with van der Waals surface area (Å²) in [4.78, 5) is 0. The van der Waals surface area contributed by atoms with Crippen molar-refractivity contribution in [2.24, 2.45) is 0 Å². The van der Waals surface area contributed by atoms with Crippen molar-refractivity contribution in [1.82, 2.24) is 0 Å². The first-order chi connectivity index (χ1) is 6.72. The minimum absolute atomic E-state index is 0.336. The zero-order valence-corrected chi connectivity index (χ0v) is 10.7. The van der Waals surface area contributed by atoms with Crippen molar-refractivity contribution in [2.75, 3.05) is 0 Å². The third kappa shape index (κ3) is 2.86. The second-order valence-corrected chi connectivity index (χ2v) is 5.65. The first-order valence-corrected chi connectivity index (χ1v) is 6.67. The van der Waals surface area contributed by atoms with Crippen LogP contribution in [0.5, 0.6) is 5.75 Å². The molecular weight excluding hydrogens is 236 g/mol. The van der Waals surface area contributed by atoms with E-state index in [1.807, 2.05) is 19.9 Å². The van der Waals surface area contributed by atoms with Crippen LogP contribution in [0.1, 0.15) is 22.3 Å². The number of rotatable bonds is 2. The smallest absolute Gasteiger partial charge is 0.370 e. The predicted octanol–water partition coefficient (Wildman–Crippen LogP) is 2.78. The van der Waals surface area contributed by atoms with Crippen molar-refractivity contribution in [2.45, 2.75) is 27.7 Å². The van der Waals surface area contributed by atoms with Gasteiger partial charge in [-0.2, -0.15) is 8.42 Å². The highest BCUT2D eigenvalue weighted by molar-refractivity contribution is 8.10. The second kappa shape index (κ2) is 4.02. The summed E-state index contributed by atoms with van der Waals surface area (Å²) in [6.07, 6.45) is 0. The molecule has 0 bridgehead atoms. The minimum atomic E-state index is -3.98. The van der Waals surface area contributed by atoms with Gasteiger partial charge in [0.1, 0.15) is 5.75 Å². The van der Waals surface area contributed by atoms with E-state index in [1.54, 1.807) is 13.8 Å². The molecule has 0 aliphatic heterocycles. The topological polar surface area (TPSA) is 43.4 Å². The van der Waals surface area contributed by atoms with Gasteiger partial charge in [0.05, 0.1) is 10.7 Å². The maximum atomic E-state index is 10.9. The molecule has 1 aromatic rings. The molecule has 0 unspecified atom stereocenters. The van der Waals surface area contributed by atoms with Crippen LogP contribution in [-0.2, 0) is 9.33 Å². The molecule has 15 heavy (non-hydrogen) atoms. The summed E-state index contributed by atoms with van der Waals surface area (Å²) in [5, 5.41) is 0. The van der Waals surface area contributed by atoms with Gasteiger partial charge in [-0.05, 0) is 49.9 Å². The lowest BCUT2D eigenvalue weighted by Crippen LogP contribution is -2.05. The van der Waals surface area contributed by atoms with Gasteiger partial charge in [-0.15, -0.1) is 0 Å². The van der Waals surface area contributed by atoms with Gasteiger partial charge in [0.15, 0.2) is 0 Å². The highest BCUT2D eigenvalue weighted by atomic mass is 35.7. The number of benzene rings is 1. The summed E-state index contributed by atoms with van der Waals surface area (Å²) in [5.74, 6) is 0.336. The number of hydrogen-bond donors (Lipinski definition) is 0. The Labute approximate surface area is 94.6 Å². The Hall–Kier alpha value is -0.740. The van der Waals surface area contributed by atoms with E-state index in [0.29, 0.717) is 5.75 Å². The van der Waals surface area contributed by atoms with E-state index in [-0.39, 0.29) is 0 Å². The Morgan fingerprint density at radius 3 is 1.80 bits per heavy atom. The first kappa shape index (κ1) is 12.3. The van der Waals surface area contributed by atoms with Crippen LogP contribution < -0.4 is 4.18 Å². The highest BCUT2D eigenvalue weighted by Gasteiger charge is 2.15. The van der Waals surface area contributed by atoms with E-state index in [1.165, 1.54) is 0 Å². The molecule has 0 aliphatic rings. The minimum Gasteiger partial charge on any atom is -0.370 e. The molecule has 0 spiro atoms. The van der Waals surface area contributed by atoms with E-state index in [9.17, 15) is 8.42 Å². The normalized spacial score (nSPS) is 11.5. The van der Waals surface area contributed by atoms with E-state index in [0.717, 1.165) is 22.3 Å². The van der Waals surface area contributed by atoms with Crippen LogP contribution in [0.25, 0.3) is 0 Å². The SMILES string of the molecule is Cc1cc(C)c(C)c(OS(=O)(=O)Cl)c1C. The van der Waals surface area contributed by atoms with Gasteiger partial charge in [0, 0.05) is 0 Å². The highest BCUT2D eigenvalue weighted by Crippen LogP contribution is 2.30. The summed E-state index contributed by atoms with van der Waals surface area (Å²) in [6, 6.07) is 1.98. The molecule has 0 amide bonds. The Balaban J connectivity index is 3.40. The Kier molecular flexibility index (Phi) is 3.31. The van der Waals surface area contributed by atoms with Gasteiger partial charge in [-0.25, -0.2) is 0 Å². The monoisotopic (exact) mass is 248 g/mol. The van der Waals surface area contributed by atoms with Crippen LogP contribution in [-0.4, -0.2) is 8.42 Å². The van der Waals surface area contributed by atoms with Crippen molar-refractivity contribution < 1.29 is 12.6 Å². The average Bonchev–Trinajstić information content (AvgIpc) is 2.08. The first-order valence-electron chi connectivity index (χ1n) is 4.44. The van der Waals surface area contributed by atoms with Gasteiger partial charge in [0.25, 0.3) is 0 Å². The number of aryl methyl sites for hydroxylation is 2. The Bertz CT molecular complexity index is 466. The molecule has 5 heteroatoms. The standard InChI is InChI=1S/C10H13ClO3S/c1-6-5-7(2)9(4)10(8(6)3)14-15(11,12)13/h5H,1-4H3. The van der Waals surface area contributed by atoms with Crippen LogP contribution in [0.2, 0.25) is 0 Å². The van der Waals surface area contributed by atoms with Crippen molar-refractivity contribution in [3.05, 3.63) is 28.3 Å². The van der Waals surface area contributed by atoms with Crippen LogP contribution in [0.4, 0.5) is 0 Å². The van der Waals surface area contributed by atoms with E-state index in [4.69, 9.17) is 14.9 Å². The van der Waals surface area contributed by atoms with Crippen LogP contribution >= 0.6 is 10.7 Å². The molecule has 0 fully saturated rings. The molecule has 0 aromatic heterocycles. The lowest BCUT2D eigenvalue weighted by atomic mass is 10.0. The average molecular weight is 249 g/mol. The number of hydrogen-bond acceptors (Lipinski definition) is 3. The fourth-order valence-electron chi connectivity index (χ4n) is 1.41. The van der Waals surface area contributed by atoms with Gasteiger partial charge in [-0.3, -0.25) is 0 Å². The van der Waals surface area contributed by atoms with E-state index in [2.05, 4.69) is 0 Å². The molecule has 1 rings (SSSR count). The summed E-state index contributed by atoms with van der Waals surface area (Å²) in [7, 11) is 1.08. The van der Waals surface area contributed by atoms with E-state index >= 15 is 0 Å². The molecule has 3 nitrogen and oxygen atoms in total. The molecule has 0 saturated carbocycles. The van der Waals surface area contributed by atoms with Crippen LogP contribution in [0, 0.1) is 27.7 Å². The Morgan fingerprint density at radius 1 is 1.07 bits per heavy atom. The van der Waals surface area contributed by atoms with E-state index < -0.39 is 9.33 Å². The molecule has 1 aromatic carbocycles. The molecular formula is C10H13ClO3S. The summed E-state index contributed by atoms with van der Waals surface area (Å²) >= 11 is 0. The predicted molar refractivity (Wildman–Crippen MR) is 60.8 cm³/mol. The lowest BCUT2D eigenvalue weighted by Gasteiger charge is -2.13. The summed E-state index contributed by atoms with van der Waals surface area (Å²) in [5.41, 5.74) is 3.55. The molecule has 0 N–H and O–H groups in total. The quantitative estimate of drug-likeness (QED) is 0.756. The van der Waals surface area contributed by atoms with Gasteiger partial charge < -0.3 is 4.18 Å². The number of halogens is 1. The molecule has 0 heterocycles. The van der Waals surface area contributed by atoms with Crippen molar-refractivity contribution >= 4 is 20.0 Å². The molecule has 84 valence electrons. The lowest BCUT2D eigenvalue weighted by molar-refractivity contribution is 0.499. The molecule has 0 radical (unpaired) electrons. The largest absolute Gasteiger partial charge is 0.401 e. The Morgan fingerprint density at radius 2 is 1.47 bits per heavy atom. The molecule has 0 atom stereocenters. The van der Waals surface area contributed by atoms with Crippen molar-refractivity contribution in [1.29, 1.82) is 0 Å². The maximum Gasteiger partial charge on any atom is 0.401 e. The molecule has 0 aliphatic carbocycles. The summed E-state index contributed by atoms with van der Waals surface area (Å²) in [6.45, 7) is 7.41. The summed E-state index contributed by atoms with van der Waals surface area (Å²) < 4.78 is 26.5. The third-order valence-electron chi connectivity index (χ3n) is 2.48. The maximum absolute atomic E-state index is 10.9. The fraction of sp³-hybridized carbons (Fsp3) is 0.400. The van der Waals surface area contributed by atoms with Crippen molar-refractivity contribution in [3.63, 3.8) is 0 Å². The van der Waals surface area contributed by atoms with Gasteiger partial charge in [0.2, 0.25) is 0 Å². The fourth-order valence-corrected chi connectivity index (χ4v) is 2.04. The van der Waals surface area contributed by atoms with Gasteiger partial charge >= 0.3 is 9.33 Å². The third-order valence-corrected chi connectivity index (χ3v) is 3.03. The zero-order valence-electron chi connectivity index (χ0n) is 9.09. The van der Waals surface area contributed by atoms with Crippen LogP contribution in [0.15, 0.2) is 6.07 Å². The van der Waals surface area contributed by atoms with Crippen molar-refractivity contribution in [3.8, 4) is 5.75 Å². The zero-order chi connectivity index (χ0) is 11.8. The second-order valence-electron chi connectivity index (χ2n) is 3.57. The molecule has 0 saturated heterocycles. The van der Waals surface area contributed by atoms with Crippen LogP contribution in [0.3, 0.4) is 0 Å². The van der Waals surface area contributed by atoms with Gasteiger partial charge in [-0.1, -0.05) is 6.07 Å².